The minimum absolute atomic E-state index is 0.000128. The first-order chi connectivity index (χ1) is 61.4. The molecule has 3 aliphatic rings. The number of nitriles is 1. The Morgan fingerprint density at radius 3 is 1.41 bits per heavy atom. The molecule has 129 heavy (non-hydrogen) atoms. The van der Waals surface area contributed by atoms with Gasteiger partial charge in [0.05, 0.1) is 119 Å². The average molecular weight is 1810 g/mol. The zero-order valence-corrected chi connectivity index (χ0v) is 76.5. The number of amides is 3. The van der Waals surface area contributed by atoms with E-state index < -0.39 is 40.6 Å². The Morgan fingerprint density at radius 1 is 0.504 bits per heavy atom. The maximum absolute atomic E-state index is 15.0. The first-order valence-corrected chi connectivity index (χ1v) is 43.6. The number of hydrogen-bond donors (Lipinski definition) is 1. The van der Waals surface area contributed by atoms with Crippen molar-refractivity contribution in [3.05, 3.63) is 245 Å². The third-order valence-electron chi connectivity index (χ3n) is 23.3. The van der Waals surface area contributed by atoms with Crippen molar-refractivity contribution in [1.29, 1.82) is 5.26 Å². The van der Waals surface area contributed by atoms with Gasteiger partial charge in [-0.15, -0.1) is 0 Å². The van der Waals surface area contributed by atoms with E-state index in [1.165, 1.54) is 62.3 Å². The number of phenolic OH excluding ortho intramolecular Hbond substituents is 1. The lowest BCUT2D eigenvalue weighted by Crippen LogP contribution is -2.58. The minimum atomic E-state index is -0.736. The highest BCUT2D eigenvalue weighted by atomic mass is 35.5. The van der Waals surface area contributed by atoms with E-state index in [-0.39, 0.29) is 168 Å². The van der Waals surface area contributed by atoms with E-state index in [2.05, 4.69) is 66.1 Å². The summed E-state index contributed by atoms with van der Waals surface area (Å²) in [5, 5.41) is 39.2. The molecule has 3 unspecified atom stereocenters. The summed E-state index contributed by atoms with van der Waals surface area (Å²) in [5.41, 5.74) is 5.36. The van der Waals surface area contributed by atoms with Crippen LogP contribution in [0.1, 0.15) is 167 Å². The van der Waals surface area contributed by atoms with E-state index in [0.717, 1.165) is 16.7 Å². The third-order valence-corrected chi connectivity index (χ3v) is 24.2. The fraction of sp³-hybridized carbons (Fsp3) is 0.347. The molecule has 668 valence electrons. The predicted molar refractivity (Wildman–Crippen MR) is 497 cm³/mol. The van der Waals surface area contributed by atoms with Gasteiger partial charge in [-0.3, -0.25) is 19.4 Å². The fourth-order valence-electron chi connectivity index (χ4n) is 17.1. The molecule has 3 amide bonds. The second kappa shape index (κ2) is 38.8. The van der Waals surface area contributed by atoms with Crippen LogP contribution in [0.25, 0.3) is 83.9 Å². The van der Waals surface area contributed by atoms with Crippen LogP contribution in [0.3, 0.4) is 0 Å². The number of halogens is 6. The van der Waals surface area contributed by atoms with E-state index >= 15 is 13.2 Å². The van der Waals surface area contributed by atoms with E-state index in [1.54, 1.807) is 94.0 Å². The molecule has 3 saturated heterocycles. The van der Waals surface area contributed by atoms with Gasteiger partial charge in [0.25, 0.3) is 0 Å². The summed E-state index contributed by atoms with van der Waals surface area (Å²) in [6, 6.07) is 24.0. The summed E-state index contributed by atoms with van der Waals surface area (Å²) in [6.07, 6.45) is 8.87. The van der Waals surface area contributed by atoms with Gasteiger partial charge in [-0.25, -0.2) is 56.2 Å². The van der Waals surface area contributed by atoms with Gasteiger partial charge < -0.3 is 34.5 Å². The lowest BCUT2D eigenvalue weighted by molar-refractivity contribution is -0.131. The van der Waals surface area contributed by atoms with Gasteiger partial charge in [-0.1, -0.05) is 154 Å². The minimum Gasteiger partial charge on any atom is -0.507 e. The van der Waals surface area contributed by atoms with Crippen molar-refractivity contribution < 1.29 is 32.7 Å². The molecular formula is C95H99Cl3F3N21O7. The number of phenols is 1. The number of aryl methyl sites for hydroxylation is 1. The second-order valence-electron chi connectivity index (χ2n) is 33.8. The topological polar surface area (TPSA) is 322 Å². The van der Waals surface area contributed by atoms with Crippen molar-refractivity contribution in [3.63, 3.8) is 0 Å². The lowest BCUT2D eigenvalue weighted by atomic mass is 9.98. The summed E-state index contributed by atoms with van der Waals surface area (Å²) in [5.74, 6) is -1.82. The largest absolute Gasteiger partial charge is 0.507 e. The van der Waals surface area contributed by atoms with Gasteiger partial charge in [0.1, 0.15) is 40.7 Å². The van der Waals surface area contributed by atoms with Crippen LogP contribution < -0.4 is 31.8 Å². The van der Waals surface area contributed by atoms with E-state index in [9.17, 15) is 39.1 Å². The molecule has 12 aromatic rings. The molecule has 34 heteroatoms. The second-order valence-corrected chi connectivity index (χ2v) is 35.0. The molecule has 0 aliphatic carbocycles. The molecule has 12 heterocycles. The molecule has 28 nitrogen and oxygen atoms in total. The standard InChI is InChI=1S/2C32H35ClFN7O2.C31H29ClFN7O3/c1-8-26(42)39-15-20(7)40(16-19(39)6)30-22-13-24(33)28(21-11-9-10-12-25(21)34)36-31(22)41(32(43)37-30)29-23(17(2)3)14-35-38-27(29)18(4)5;1-8-26(42)40-19(6)15-39(16-20(40)7)30-22-13-24(33)28(21-11-9-10-12-25(21)34)36-31(22)41(32(43)37-30)29-23(17(2)3)14-35-38-27(29)18(4)5;1-5-24(42)39-14-13-38(16-19(39)9-11-34)29-20-15-21(32)27(25-22(33)7-6-8-23(25)41)36-30(20)40(31(43)37-29)28-18(4)10-12-35-26(28)17(2)3/h2*8-14,17-20H,1,15-16H2,2-7H3;5-8,10,12,15,17,19,41H,1,9,13-14,16H2,2-4H3/t;19-,20+;. The highest BCUT2D eigenvalue weighted by molar-refractivity contribution is 6.35. The summed E-state index contributed by atoms with van der Waals surface area (Å²) in [7, 11) is 0. The number of rotatable bonds is 18. The quantitative estimate of drug-likeness (QED) is 0.0780. The maximum Gasteiger partial charge on any atom is 0.355 e. The van der Waals surface area contributed by atoms with Crippen LogP contribution >= 0.6 is 34.8 Å². The lowest BCUT2D eigenvalue weighted by Gasteiger charge is -2.44. The van der Waals surface area contributed by atoms with E-state index in [4.69, 9.17) is 49.8 Å². The molecule has 3 fully saturated rings. The zero-order valence-electron chi connectivity index (χ0n) is 74.2. The Kier molecular flexibility index (Phi) is 28.1. The summed E-state index contributed by atoms with van der Waals surface area (Å²) in [6.45, 7) is 42.8. The van der Waals surface area contributed by atoms with Crippen molar-refractivity contribution in [3.8, 4) is 62.7 Å². The number of anilines is 3. The van der Waals surface area contributed by atoms with Crippen LogP contribution in [-0.4, -0.2) is 183 Å². The number of aromatic nitrogens is 14. The number of benzene rings is 3. The van der Waals surface area contributed by atoms with Gasteiger partial charge in [0.2, 0.25) is 17.7 Å². The molecular weight excluding hydrogens is 1710 g/mol. The molecule has 3 aliphatic heterocycles. The molecule has 5 atom stereocenters. The fourth-order valence-corrected chi connectivity index (χ4v) is 17.8. The molecule has 0 saturated carbocycles. The number of aromatic hydroxyl groups is 1. The average Bonchev–Trinajstić information content (AvgIpc) is 0.735. The molecule has 0 spiro atoms. The van der Waals surface area contributed by atoms with Crippen LogP contribution in [0.15, 0.2) is 162 Å². The first kappa shape index (κ1) is 93.5. The molecule has 3 aromatic carbocycles. The van der Waals surface area contributed by atoms with Gasteiger partial charge in [-0.05, 0) is 149 Å². The molecule has 1 N–H and O–H groups in total. The highest BCUT2D eigenvalue weighted by Gasteiger charge is 2.39. The van der Waals surface area contributed by atoms with Crippen molar-refractivity contribution >= 4 is 103 Å². The van der Waals surface area contributed by atoms with Crippen LogP contribution in [-0.2, 0) is 14.4 Å². The van der Waals surface area contributed by atoms with Gasteiger partial charge in [0, 0.05) is 98.4 Å². The number of piperazine rings is 3. The van der Waals surface area contributed by atoms with Crippen molar-refractivity contribution in [2.45, 2.75) is 170 Å². The Labute approximate surface area is 758 Å². The number of hydrogen-bond acceptors (Lipinski definition) is 22. The zero-order chi connectivity index (χ0) is 93.3. The third kappa shape index (κ3) is 18.3. The van der Waals surface area contributed by atoms with Crippen LogP contribution in [0.5, 0.6) is 5.75 Å². The Hall–Kier alpha value is -13.2. The van der Waals surface area contributed by atoms with E-state index in [0.29, 0.717) is 94.7 Å². The molecule has 15 rings (SSSR count). The molecule has 9 aromatic heterocycles. The normalized spacial score (nSPS) is 16.6. The predicted octanol–water partition coefficient (Wildman–Crippen LogP) is 16.7. The number of pyridine rings is 4. The van der Waals surface area contributed by atoms with Crippen LogP contribution in [0.2, 0.25) is 15.1 Å². The SMILES string of the molecule is C=CC(=O)N1CC(C)N(c2nc(=O)n(-c3c(C(C)C)cnnc3C(C)C)c3nc(-c4ccccc4F)c(Cl)cc23)CC1C.C=CC(=O)N1CCN(c2nc(=O)n(-c3c(C)ccnc3C(C)C)c3nc(-c4c(O)cccc4F)c(Cl)cc23)CC1CC#N.C=CC(=O)N1[C@H](C)CN(c2nc(=O)n(-c3c(C(C)C)cnnc3C(C)C)c3nc(-c4ccccc4F)c(Cl)cc23)C[C@@H]1C. The number of carbonyl (C=O) groups excluding carboxylic acids is 3. The Morgan fingerprint density at radius 2 is 0.946 bits per heavy atom. The van der Waals surface area contributed by atoms with Gasteiger partial charge in [-0.2, -0.15) is 40.6 Å². The highest BCUT2D eigenvalue weighted by Crippen LogP contribution is 2.44. The number of fused-ring (bicyclic) bond motifs is 3. The summed E-state index contributed by atoms with van der Waals surface area (Å²) in [4.78, 5) is 124. The first-order valence-electron chi connectivity index (χ1n) is 42.4. The van der Waals surface area contributed by atoms with Gasteiger partial charge >= 0.3 is 17.1 Å². The maximum atomic E-state index is 15.0. The summed E-state index contributed by atoms with van der Waals surface area (Å²) >= 11 is 20.3. The van der Waals surface area contributed by atoms with Crippen LogP contribution in [0, 0.1) is 35.7 Å². The van der Waals surface area contributed by atoms with Crippen molar-refractivity contribution in [2.24, 2.45) is 0 Å². The number of nitrogens with zero attached hydrogens (tertiary/aromatic N) is 21. The smallest absolute Gasteiger partial charge is 0.355 e. The van der Waals surface area contributed by atoms with Crippen LogP contribution in [0.4, 0.5) is 30.6 Å². The monoisotopic (exact) mass is 1810 g/mol. The Bertz CT molecular complexity index is 6610. The van der Waals surface area contributed by atoms with Crippen molar-refractivity contribution in [2.75, 3.05) is 60.5 Å². The molecule has 0 bridgehead atoms. The number of carbonyl (C=O) groups is 3. The van der Waals surface area contributed by atoms with Gasteiger partial charge in [0.15, 0.2) is 16.9 Å². The molecule has 0 radical (unpaired) electrons. The Balaban J connectivity index is 0.000000165. The van der Waals surface area contributed by atoms with E-state index in [1.807, 2.05) is 119 Å². The summed E-state index contributed by atoms with van der Waals surface area (Å²) < 4.78 is 49.4. The van der Waals surface area contributed by atoms with Crippen molar-refractivity contribution in [1.82, 2.24) is 83.7 Å².